The van der Waals surface area contributed by atoms with E-state index in [1.54, 1.807) is 36.0 Å². The van der Waals surface area contributed by atoms with E-state index in [9.17, 15) is 9.90 Å². The van der Waals surface area contributed by atoms with Crippen molar-refractivity contribution >= 4 is 23.4 Å². The van der Waals surface area contributed by atoms with Crippen molar-refractivity contribution < 1.29 is 28.8 Å². The summed E-state index contributed by atoms with van der Waals surface area (Å²) in [5, 5.41) is 16.7. The van der Waals surface area contributed by atoms with Crippen LogP contribution >= 0.6 is 0 Å². The summed E-state index contributed by atoms with van der Waals surface area (Å²) in [4.78, 5) is 33.1. The minimum Gasteiger partial charge on any atom is -0.497 e. The number of aliphatic hydroxyl groups excluding tert-OH is 1. The Bertz CT molecular complexity index is 1990. The lowest BCUT2D eigenvalue weighted by molar-refractivity contribution is 0.0240. The van der Waals surface area contributed by atoms with Gasteiger partial charge in [-0.05, 0) is 81.1 Å². The zero-order valence-electron chi connectivity index (χ0n) is 32.9. The molecule has 14 nitrogen and oxygen atoms in total. The molecule has 2 aromatic carbocycles. The number of ether oxygens (including phenoxy) is 4. The molecule has 1 saturated heterocycles. The van der Waals surface area contributed by atoms with E-state index in [0.717, 1.165) is 46.8 Å². The molecule has 1 aliphatic rings. The number of pyridine rings is 1. The maximum Gasteiger partial charge on any atom is 0.410 e. The number of hydrogen-bond donors (Lipinski definition) is 1. The molecule has 1 unspecified atom stereocenters. The number of carbonyl (C=O) groups is 1. The number of hydrogen-bond acceptors (Lipinski definition) is 12. The summed E-state index contributed by atoms with van der Waals surface area (Å²) in [6.45, 7) is 13.4. The van der Waals surface area contributed by atoms with Gasteiger partial charge in [-0.15, -0.1) is 5.10 Å². The molecule has 1 N–H and O–H groups in total. The number of benzene rings is 2. The first kappa shape index (κ1) is 39.1. The third-order valence-corrected chi connectivity index (χ3v) is 9.41. The topological polar surface area (TPSA) is 140 Å². The molecule has 1 amide bonds. The van der Waals surface area contributed by atoms with Crippen LogP contribution in [-0.4, -0.2) is 93.3 Å². The fraction of sp³-hybridized carbons (Fsp3) is 0.439. The van der Waals surface area contributed by atoms with E-state index < -0.39 is 11.7 Å². The summed E-state index contributed by atoms with van der Waals surface area (Å²) in [6.07, 6.45) is 3.73. The van der Waals surface area contributed by atoms with Crippen LogP contribution in [0.1, 0.15) is 74.6 Å². The van der Waals surface area contributed by atoms with Gasteiger partial charge in [-0.2, -0.15) is 4.98 Å². The first-order valence-electron chi connectivity index (χ1n) is 18.7. The Morgan fingerprint density at radius 3 is 2.07 bits per heavy atom. The number of anilines is 2. The molecular formula is C41H52N8O6. The Kier molecular flexibility index (Phi) is 12.2. The highest BCUT2D eigenvalue weighted by Crippen LogP contribution is 2.31. The highest BCUT2D eigenvalue weighted by atomic mass is 16.6. The van der Waals surface area contributed by atoms with Crippen LogP contribution in [0.3, 0.4) is 0 Å². The molecule has 0 saturated carbocycles. The van der Waals surface area contributed by atoms with Crippen LogP contribution in [0.2, 0.25) is 0 Å². The molecule has 0 aliphatic carbocycles. The second-order valence-corrected chi connectivity index (χ2v) is 14.6. The lowest BCUT2D eigenvalue weighted by Gasteiger charge is -2.36. The molecule has 1 atom stereocenters. The number of aliphatic hydroxyl groups is 1. The predicted molar refractivity (Wildman–Crippen MR) is 210 cm³/mol. The number of carbonyl (C=O) groups excluding carboxylic acids is 1. The van der Waals surface area contributed by atoms with E-state index in [2.05, 4.69) is 16.7 Å². The van der Waals surface area contributed by atoms with E-state index >= 15 is 0 Å². The zero-order valence-corrected chi connectivity index (χ0v) is 32.9. The standard InChI is InChI=1S/C41H52N8O6/c1-8-9-22-54-39-44-38(48(26-29-10-14-31(52-6)15-11-29)27-30-12-16-32(53-7)17-13-30)37-43-25-34(49(37)45-39)36(50)33-24-42-35(23-28(33)2)46-18-20-47(21-19-46)40(51)55-41(3,4)5/h10-17,23-25,36,50H,8-9,18-22,26-27H2,1-7H3. The van der Waals surface area contributed by atoms with Gasteiger partial charge in [-0.3, -0.25) is 0 Å². The maximum atomic E-state index is 12.6. The Balaban J connectivity index is 1.31. The van der Waals surface area contributed by atoms with E-state index in [4.69, 9.17) is 39.0 Å². The number of amides is 1. The first-order valence-corrected chi connectivity index (χ1v) is 18.7. The molecule has 4 heterocycles. The molecule has 6 rings (SSSR count). The number of methoxy groups -OCH3 is 2. The maximum absolute atomic E-state index is 12.6. The molecule has 292 valence electrons. The van der Waals surface area contributed by atoms with E-state index in [-0.39, 0.29) is 12.1 Å². The van der Waals surface area contributed by atoms with Crippen LogP contribution in [0.5, 0.6) is 17.5 Å². The normalized spacial score (nSPS) is 13.8. The quantitative estimate of drug-likeness (QED) is 0.126. The lowest BCUT2D eigenvalue weighted by atomic mass is 10.0. The number of aryl methyl sites for hydroxylation is 1. The Morgan fingerprint density at radius 1 is 0.909 bits per heavy atom. The average Bonchev–Trinajstić information content (AvgIpc) is 3.61. The van der Waals surface area contributed by atoms with E-state index in [0.29, 0.717) is 68.6 Å². The second-order valence-electron chi connectivity index (χ2n) is 14.6. The fourth-order valence-corrected chi connectivity index (χ4v) is 6.36. The van der Waals surface area contributed by atoms with Crippen molar-refractivity contribution in [2.45, 2.75) is 72.3 Å². The van der Waals surface area contributed by atoms with Crippen LogP contribution in [0.25, 0.3) is 5.65 Å². The minimum absolute atomic E-state index is 0.188. The summed E-state index contributed by atoms with van der Waals surface area (Å²) < 4.78 is 24.1. The van der Waals surface area contributed by atoms with Gasteiger partial charge in [0.05, 0.1) is 32.7 Å². The van der Waals surface area contributed by atoms with Crippen molar-refractivity contribution in [1.29, 1.82) is 0 Å². The zero-order chi connectivity index (χ0) is 39.1. The SMILES string of the molecule is CCCCOc1nc(N(Cc2ccc(OC)cc2)Cc2ccc(OC)cc2)c2ncc(C(O)c3cnc(N4CCN(C(=O)OC(C)(C)C)CC4)cc3C)n2n1. The molecule has 3 aromatic heterocycles. The van der Waals surface area contributed by atoms with Gasteiger partial charge in [-0.25, -0.2) is 19.3 Å². The van der Waals surface area contributed by atoms with Crippen LogP contribution in [-0.2, 0) is 17.8 Å². The van der Waals surface area contributed by atoms with Gasteiger partial charge in [0.15, 0.2) is 11.5 Å². The third kappa shape index (κ3) is 9.55. The minimum atomic E-state index is -1.09. The summed E-state index contributed by atoms with van der Waals surface area (Å²) in [5.74, 6) is 2.88. The average molecular weight is 753 g/mol. The molecule has 1 fully saturated rings. The van der Waals surface area contributed by atoms with Crippen LogP contribution in [0.4, 0.5) is 16.4 Å². The number of imidazole rings is 1. The smallest absolute Gasteiger partial charge is 0.410 e. The van der Waals surface area contributed by atoms with Crippen molar-refractivity contribution in [3.63, 3.8) is 0 Å². The number of aromatic nitrogens is 5. The van der Waals surface area contributed by atoms with Crippen molar-refractivity contribution in [3.05, 3.63) is 94.9 Å². The van der Waals surface area contributed by atoms with Crippen LogP contribution < -0.4 is 24.0 Å². The molecule has 1 aliphatic heterocycles. The van der Waals surface area contributed by atoms with Gasteiger partial charge in [0, 0.05) is 51.0 Å². The Hall–Kier alpha value is -5.63. The van der Waals surface area contributed by atoms with E-state index in [1.165, 1.54) is 0 Å². The second kappa shape index (κ2) is 17.2. The summed E-state index contributed by atoms with van der Waals surface area (Å²) in [6, 6.07) is 18.0. The van der Waals surface area contributed by atoms with Gasteiger partial charge in [0.1, 0.15) is 29.0 Å². The highest BCUT2D eigenvalue weighted by Gasteiger charge is 2.28. The van der Waals surface area contributed by atoms with Crippen molar-refractivity contribution in [1.82, 2.24) is 29.5 Å². The Morgan fingerprint density at radius 2 is 1.53 bits per heavy atom. The van der Waals surface area contributed by atoms with Gasteiger partial charge in [0.25, 0.3) is 0 Å². The molecule has 0 radical (unpaired) electrons. The highest BCUT2D eigenvalue weighted by molar-refractivity contribution is 5.69. The number of unbranched alkanes of at least 4 members (excludes halogenated alkanes) is 1. The summed E-state index contributed by atoms with van der Waals surface area (Å²) in [5.41, 5.74) is 3.95. The van der Waals surface area contributed by atoms with E-state index in [1.807, 2.05) is 82.3 Å². The molecule has 14 heteroatoms. The largest absolute Gasteiger partial charge is 0.497 e. The van der Waals surface area contributed by atoms with Gasteiger partial charge < -0.3 is 38.8 Å². The number of fused-ring (bicyclic) bond motifs is 1. The third-order valence-electron chi connectivity index (χ3n) is 9.41. The fourth-order valence-electron chi connectivity index (χ4n) is 6.36. The van der Waals surface area contributed by atoms with Gasteiger partial charge in [0.2, 0.25) is 0 Å². The Labute approximate surface area is 322 Å². The number of rotatable bonds is 14. The number of piperazine rings is 1. The first-order chi connectivity index (χ1) is 26.5. The molecule has 0 bridgehead atoms. The summed E-state index contributed by atoms with van der Waals surface area (Å²) in [7, 11) is 3.30. The molecule has 0 spiro atoms. The molecule has 5 aromatic rings. The van der Waals surface area contributed by atoms with Gasteiger partial charge in [-0.1, -0.05) is 37.6 Å². The molecule has 55 heavy (non-hydrogen) atoms. The van der Waals surface area contributed by atoms with Crippen LogP contribution in [0, 0.1) is 6.92 Å². The van der Waals surface area contributed by atoms with Gasteiger partial charge >= 0.3 is 12.1 Å². The van der Waals surface area contributed by atoms with Crippen molar-refractivity contribution in [2.24, 2.45) is 0 Å². The van der Waals surface area contributed by atoms with Crippen LogP contribution in [0.15, 0.2) is 67.0 Å². The van der Waals surface area contributed by atoms with Crippen molar-refractivity contribution in [3.8, 4) is 17.5 Å². The van der Waals surface area contributed by atoms with Crippen molar-refractivity contribution in [2.75, 3.05) is 56.8 Å². The predicted octanol–water partition coefficient (Wildman–Crippen LogP) is 6.37. The number of nitrogens with zero attached hydrogens (tertiary/aromatic N) is 8. The monoisotopic (exact) mass is 752 g/mol. The summed E-state index contributed by atoms with van der Waals surface area (Å²) >= 11 is 0. The lowest BCUT2D eigenvalue weighted by Crippen LogP contribution is -2.50. The molecular weight excluding hydrogens is 701 g/mol.